The van der Waals surface area contributed by atoms with Gasteiger partial charge in [-0.25, -0.2) is 0 Å². The second-order valence-corrected chi connectivity index (χ2v) is 8.26. The van der Waals surface area contributed by atoms with Gasteiger partial charge in [-0.3, -0.25) is 4.90 Å². The molecule has 2 N–H and O–H groups in total. The molecule has 1 aromatic rings. The van der Waals surface area contributed by atoms with Crippen molar-refractivity contribution in [1.82, 2.24) is 4.90 Å². The Balaban J connectivity index is 2.13. The van der Waals surface area contributed by atoms with Crippen molar-refractivity contribution in [3.05, 3.63) is 21.9 Å². The van der Waals surface area contributed by atoms with Crippen molar-refractivity contribution in [3.8, 4) is 0 Å². The highest BCUT2D eigenvalue weighted by atomic mass is 32.1. The summed E-state index contributed by atoms with van der Waals surface area (Å²) in [5.41, 5.74) is 6.36. The van der Waals surface area contributed by atoms with Gasteiger partial charge in [0.25, 0.3) is 0 Å². The zero-order valence-corrected chi connectivity index (χ0v) is 14.3. The molecule has 1 heterocycles. The molecular formula is C17H30N2S. The topological polar surface area (TPSA) is 29.3 Å². The van der Waals surface area contributed by atoms with E-state index in [9.17, 15) is 0 Å². The summed E-state index contributed by atoms with van der Waals surface area (Å²) in [6.45, 7) is 12.3. The van der Waals surface area contributed by atoms with Gasteiger partial charge < -0.3 is 5.73 Å². The molecule has 1 saturated carbocycles. The molecule has 0 amide bonds. The Morgan fingerprint density at radius 2 is 2.05 bits per heavy atom. The maximum Gasteiger partial charge on any atom is 0.0564 e. The average molecular weight is 295 g/mol. The van der Waals surface area contributed by atoms with E-state index in [1.54, 1.807) is 0 Å². The van der Waals surface area contributed by atoms with E-state index < -0.39 is 0 Å². The number of nitrogens with two attached hydrogens (primary N) is 1. The van der Waals surface area contributed by atoms with Crippen LogP contribution in [0.15, 0.2) is 12.1 Å². The average Bonchev–Trinajstić information content (AvgIpc) is 3.04. The molecule has 1 aliphatic carbocycles. The van der Waals surface area contributed by atoms with Crippen LogP contribution in [0, 0.1) is 5.92 Å². The van der Waals surface area contributed by atoms with Gasteiger partial charge in [0, 0.05) is 22.8 Å². The lowest BCUT2D eigenvalue weighted by molar-refractivity contribution is 0.196. The molecule has 1 unspecified atom stereocenters. The summed E-state index contributed by atoms with van der Waals surface area (Å²) in [7, 11) is 0. The lowest BCUT2D eigenvalue weighted by atomic mass is 9.95. The molecule has 0 bridgehead atoms. The molecule has 0 aromatic carbocycles. The first-order valence-corrected chi connectivity index (χ1v) is 8.81. The van der Waals surface area contributed by atoms with E-state index in [2.05, 4.69) is 44.7 Å². The van der Waals surface area contributed by atoms with Crippen LogP contribution in [-0.2, 0) is 5.41 Å². The first-order chi connectivity index (χ1) is 9.45. The van der Waals surface area contributed by atoms with Crippen molar-refractivity contribution in [2.45, 2.75) is 58.4 Å². The minimum atomic E-state index is 0.244. The fraction of sp³-hybridized carbons (Fsp3) is 0.765. The zero-order chi connectivity index (χ0) is 14.8. The molecule has 0 saturated heterocycles. The summed E-state index contributed by atoms with van der Waals surface area (Å²) in [5.74, 6) is 0.928. The minimum Gasteiger partial charge on any atom is -0.329 e. The number of rotatable bonds is 7. The lowest BCUT2D eigenvalue weighted by Gasteiger charge is -2.30. The first kappa shape index (κ1) is 16.0. The maximum absolute atomic E-state index is 6.12. The van der Waals surface area contributed by atoms with Crippen molar-refractivity contribution >= 4 is 11.3 Å². The summed E-state index contributed by atoms with van der Waals surface area (Å²) < 4.78 is 0. The smallest absolute Gasteiger partial charge is 0.0564 e. The molecule has 2 nitrogen and oxygen atoms in total. The van der Waals surface area contributed by atoms with Gasteiger partial charge in [0.05, 0.1) is 6.04 Å². The van der Waals surface area contributed by atoms with Crippen LogP contribution in [0.3, 0.4) is 0 Å². The van der Waals surface area contributed by atoms with Crippen LogP contribution in [0.5, 0.6) is 0 Å². The Labute approximate surface area is 128 Å². The van der Waals surface area contributed by atoms with Crippen molar-refractivity contribution in [1.29, 1.82) is 0 Å². The number of hydrogen-bond donors (Lipinski definition) is 1. The van der Waals surface area contributed by atoms with Crippen LogP contribution in [0.2, 0.25) is 0 Å². The van der Waals surface area contributed by atoms with Gasteiger partial charge in [0.1, 0.15) is 0 Å². The summed E-state index contributed by atoms with van der Waals surface area (Å²) in [6.07, 6.45) is 4.03. The van der Waals surface area contributed by atoms with Crippen molar-refractivity contribution in [2.24, 2.45) is 11.7 Å². The third-order valence-corrected chi connectivity index (χ3v) is 5.67. The molecule has 1 atom stereocenters. The second kappa shape index (κ2) is 6.59. The predicted molar refractivity (Wildman–Crippen MR) is 89.4 cm³/mol. The highest BCUT2D eigenvalue weighted by Crippen LogP contribution is 2.36. The highest BCUT2D eigenvalue weighted by Gasteiger charge is 2.29. The van der Waals surface area contributed by atoms with E-state index in [0.29, 0.717) is 6.04 Å². The third-order valence-electron chi connectivity index (χ3n) is 4.06. The van der Waals surface area contributed by atoms with Gasteiger partial charge in [0.15, 0.2) is 0 Å². The number of nitrogens with zero attached hydrogens (tertiary/aromatic N) is 1. The molecule has 1 aromatic heterocycles. The lowest BCUT2D eigenvalue weighted by Crippen LogP contribution is -2.35. The summed E-state index contributed by atoms with van der Waals surface area (Å²) in [6, 6.07) is 5.01. The summed E-state index contributed by atoms with van der Waals surface area (Å²) in [5, 5.41) is 0. The van der Waals surface area contributed by atoms with E-state index in [-0.39, 0.29) is 5.41 Å². The fourth-order valence-corrected chi connectivity index (χ4v) is 3.89. The first-order valence-electron chi connectivity index (χ1n) is 8.00. The van der Waals surface area contributed by atoms with Gasteiger partial charge in [-0.2, -0.15) is 0 Å². The second-order valence-electron chi connectivity index (χ2n) is 7.14. The predicted octanol–water partition coefficient (Wildman–Crippen LogP) is 4.17. The molecular weight excluding hydrogens is 264 g/mol. The number of hydrogen-bond acceptors (Lipinski definition) is 3. The van der Waals surface area contributed by atoms with Gasteiger partial charge in [-0.15, -0.1) is 11.3 Å². The van der Waals surface area contributed by atoms with Crippen LogP contribution < -0.4 is 5.73 Å². The summed E-state index contributed by atoms with van der Waals surface area (Å²) >= 11 is 1.95. The molecule has 1 aliphatic rings. The molecule has 2 rings (SSSR count). The van der Waals surface area contributed by atoms with Crippen LogP contribution in [0.25, 0.3) is 0 Å². The van der Waals surface area contributed by atoms with E-state index in [1.807, 2.05) is 11.3 Å². The Morgan fingerprint density at radius 1 is 1.35 bits per heavy atom. The largest absolute Gasteiger partial charge is 0.329 e. The Bertz CT molecular complexity index is 415. The quantitative estimate of drug-likeness (QED) is 0.818. The van der Waals surface area contributed by atoms with Gasteiger partial charge >= 0.3 is 0 Å². The Hall–Kier alpha value is -0.380. The molecule has 0 aliphatic heterocycles. The SMILES string of the molecule is CCCN(CC1CC1)C(CN)c1ccc(C(C)(C)C)s1. The van der Waals surface area contributed by atoms with E-state index in [4.69, 9.17) is 5.73 Å². The molecule has 0 spiro atoms. The highest BCUT2D eigenvalue weighted by molar-refractivity contribution is 7.12. The monoisotopic (exact) mass is 294 g/mol. The van der Waals surface area contributed by atoms with Crippen LogP contribution in [0.4, 0.5) is 0 Å². The normalized spacial score (nSPS) is 17.7. The number of thiophene rings is 1. The van der Waals surface area contributed by atoms with Crippen molar-refractivity contribution < 1.29 is 0 Å². The Morgan fingerprint density at radius 3 is 2.50 bits per heavy atom. The fourth-order valence-electron chi connectivity index (χ4n) is 2.67. The van der Waals surface area contributed by atoms with E-state index in [1.165, 1.54) is 42.1 Å². The van der Waals surface area contributed by atoms with E-state index in [0.717, 1.165) is 12.5 Å². The molecule has 0 radical (unpaired) electrons. The van der Waals surface area contributed by atoms with Gasteiger partial charge in [-0.1, -0.05) is 27.7 Å². The van der Waals surface area contributed by atoms with E-state index >= 15 is 0 Å². The van der Waals surface area contributed by atoms with Crippen LogP contribution in [-0.4, -0.2) is 24.5 Å². The third kappa shape index (κ3) is 4.06. The zero-order valence-electron chi connectivity index (χ0n) is 13.5. The van der Waals surface area contributed by atoms with Crippen molar-refractivity contribution in [3.63, 3.8) is 0 Å². The molecule has 20 heavy (non-hydrogen) atoms. The summed E-state index contributed by atoms with van der Waals surface area (Å²) in [4.78, 5) is 5.54. The minimum absolute atomic E-state index is 0.244. The standard InChI is InChI=1S/C17H30N2S/c1-5-10-19(12-13-6-7-13)14(11-18)15-8-9-16(20-15)17(2,3)4/h8-9,13-14H,5-7,10-12,18H2,1-4H3. The van der Waals surface area contributed by atoms with Crippen molar-refractivity contribution in [2.75, 3.05) is 19.6 Å². The Kier molecular flexibility index (Phi) is 5.27. The molecule has 3 heteroatoms. The molecule has 114 valence electrons. The van der Waals surface area contributed by atoms with Gasteiger partial charge in [0.2, 0.25) is 0 Å². The van der Waals surface area contributed by atoms with Crippen LogP contribution in [0.1, 0.15) is 62.8 Å². The van der Waals surface area contributed by atoms with Gasteiger partial charge in [-0.05, 0) is 49.3 Å². The van der Waals surface area contributed by atoms with Crippen LogP contribution >= 0.6 is 11.3 Å². The molecule has 1 fully saturated rings. The maximum atomic E-state index is 6.12.